The van der Waals surface area contributed by atoms with Crippen LogP contribution in [0.15, 0.2) is 30.3 Å². The van der Waals surface area contributed by atoms with E-state index >= 15 is 0 Å². The van der Waals surface area contributed by atoms with Crippen molar-refractivity contribution in [2.45, 2.75) is 26.7 Å². The fourth-order valence-electron chi connectivity index (χ4n) is 2.09. The number of anilines is 1. The van der Waals surface area contributed by atoms with E-state index in [9.17, 15) is 8.42 Å². The van der Waals surface area contributed by atoms with Gasteiger partial charge in [0.05, 0.1) is 5.69 Å². The highest BCUT2D eigenvalue weighted by Gasteiger charge is 2.25. The van der Waals surface area contributed by atoms with Crippen molar-refractivity contribution in [2.24, 2.45) is 0 Å². The van der Waals surface area contributed by atoms with E-state index in [1.807, 2.05) is 37.3 Å². The number of hydrogen-bond donors (Lipinski definition) is 1. The Bertz CT molecular complexity index is 491. The second-order valence-electron chi connectivity index (χ2n) is 4.93. The molecule has 0 saturated heterocycles. The average molecular weight is 313 g/mol. The molecule has 120 valence electrons. The average Bonchev–Trinajstić information content (AvgIpc) is 2.48. The van der Waals surface area contributed by atoms with Crippen LogP contribution in [0.5, 0.6) is 0 Å². The highest BCUT2D eigenvalue weighted by molar-refractivity contribution is 7.90. The molecule has 0 spiro atoms. The summed E-state index contributed by atoms with van der Waals surface area (Å²) in [6.45, 7) is 6.71. The summed E-state index contributed by atoms with van der Waals surface area (Å²) in [7, 11) is -1.82. The highest BCUT2D eigenvalue weighted by atomic mass is 32.2. The van der Waals surface area contributed by atoms with Crippen LogP contribution < -0.4 is 9.62 Å². The normalized spacial score (nSPS) is 11.8. The molecule has 0 fully saturated rings. The molecule has 0 atom stereocenters. The maximum atomic E-state index is 12.6. The minimum atomic E-state index is -3.46. The molecule has 0 aliphatic rings. The van der Waals surface area contributed by atoms with Crippen molar-refractivity contribution in [1.29, 1.82) is 0 Å². The van der Waals surface area contributed by atoms with E-state index in [4.69, 9.17) is 0 Å². The monoisotopic (exact) mass is 313 g/mol. The van der Waals surface area contributed by atoms with Gasteiger partial charge in [-0.15, -0.1) is 0 Å². The summed E-state index contributed by atoms with van der Waals surface area (Å²) >= 11 is 0. The van der Waals surface area contributed by atoms with Gasteiger partial charge in [0.2, 0.25) is 0 Å². The molecule has 0 saturated carbocycles. The van der Waals surface area contributed by atoms with Crippen molar-refractivity contribution >= 4 is 15.9 Å². The molecule has 1 N–H and O–H groups in total. The van der Waals surface area contributed by atoms with E-state index in [1.54, 1.807) is 7.05 Å². The van der Waals surface area contributed by atoms with Crippen LogP contribution in [0, 0.1) is 0 Å². The van der Waals surface area contributed by atoms with Crippen LogP contribution in [0.25, 0.3) is 0 Å². The van der Waals surface area contributed by atoms with Crippen LogP contribution in [-0.4, -0.2) is 45.9 Å². The molecule has 0 heterocycles. The lowest BCUT2D eigenvalue weighted by Gasteiger charge is -2.28. The topological polar surface area (TPSA) is 52.7 Å². The van der Waals surface area contributed by atoms with Gasteiger partial charge in [-0.2, -0.15) is 12.7 Å². The van der Waals surface area contributed by atoms with Crippen LogP contribution >= 0.6 is 0 Å². The molecule has 0 radical (unpaired) electrons. The Labute approximate surface area is 129 Å². The van der Waals surface area contributed by atoms with E-state index < -0.39 is 10.2 Å². The first-order valence-corrected chi connectivity index (χ1v) is 8.93. The Hall–Kier alpha value is -1.11. The molecule has 1 aromatic carbocycles. The van der Waals surface area contributed by atoms with Crippen LogP contribution in [0.2, 0.25) is 0 Å². The third kappa shape index (κ3) is 5.30. The van der Waals surface area contributed by atoms with Gasteiger partial charge in [0.15, 0.2) is 0 Å². The third-order valence-electron chi connectivity index (χ3n) is 3.26. The quantitative estimate of drug-likeness (QED) is 0.673. The van der Waals surface area contributed by atoms with Gasteiger partial charge in [-0.05, 0) is 45.0 Å². The minimum absolute atomic E-state index is 0.421. The van der Waals surface area contributed by atoms with E-state index in [0.29, 0.717) is 18.8 Å². The van der Waals surface area contributed by atoms with Gasteiger partial charge in [0, 0.05) is 20.1 Å². The molecule has 1 rings (SSSR count). The highest BCUT2D eigenvalue weighted by Crippen LogP contribution is 2.19. The Balaban J connectivity index is 2.65. The molecule has 0 bridgehead atoms. The number of rotatable bonds is 10. The fourth-order valence-corrected chi connectivity index (χ4v) is 3.50. The first-order valence-electron chi connectivity index (χ1n) is 7.53. The van der Waals surface area contributed by atoms with Crippen molar-refractivity contribution in [3.8, 4) is 0 Å². The molecule has 6 heteroatoms. The van der Waals surface area contributed by atoms with Crippen molar-refractivity contribution < 1.29 is 8.42 Å². The smallest absolute Gasteiger partial charge is 0.303 e. The molecule has 0 aliphatic carbocycles. The zero-order chi connectivity index (χ0) is 15.7. The molecule has 0 unspecified atom stereocenters. The van der Waals surface area contributed by atoms with Gasteiger partial charge in [-0.3, -0.25) is 4.31 Å². The fraction of sp³-hybridized carbons (Fsp3) is 0.600. The summed E-state index contributed by atoms with van der Waals surface area (Å²) in [6, 6.07) is 9.22. The first kappa shape index (κ1) is 17.9. The molecule has 0 amide bonds. The largest absolute Gasteiger partial charge is 0.317 e. The molecule has 5 nitrogen and oxygen atoms in total. The maximum absolute atomic E-state index is 12.6. The molecular formula is C15H27N3O2S. The first-order chi connectivity index (χ1) is 10.0. The summed E-state index contributed by atoms with van der Waals surface area (Å²) in [5.74, 6) is 0. The van der Waals surface area contributed by atoms with Crippen molar-refractivity contribution in [1.82, 2.24) is 9.62 Å². The summed E-state index contributed by atoms with van der Waals surface area (Å²) < 4.78 is 28.1. The summed E-state index contributed by atoms with van der Waals surface area (Å²) in [5, 5.41) is 3.28. The number of nitrogens with one attached hydrogen (secondary N) is 1. The van der Waals surface area contributed by atoms with Crippen molar-refractivity contribution in [3.05, 3.63) is 30.3 Å². The van der Waals surface area contributed by atoms with E-state index in [-0.39, 0.29) is 0 Å². The van der Waals surface area contributed by atoms with Crippen LogP contribution in [0.3, 0.4) is 0 Å². The van der Waals surface area contributed by atoms with Crippen molar-refractivity contribution in [3.63, 3.8) is 0 Å². The second-order valence-corrected chi connectivity index (χ2v) is 6.89. The lowest BCUT2D eigenvalue weighted by molar-refractivity contribution is 0.451. The van der Waals surface area contributed by atoms with Gasteiger partial charge in [0.25, 0.3) is 0 Å². The van der Waals surface area contributed by atoms with Crippen molar-refractivity contribution in [2.75, 3.05) is 37.5 Å². The number of para-hydroxylation sites is 1. The number of benzene rings is 1. The Morgan fingerprint density at radius 1 is 1.10 bits per heavy atom. The predicted molar refractivity (Wildman–Crippen MR) is 88.8 cm³/mol. The number of hydrogen-bond acceptors (Lipinski definition) is 3. The molecule has 21 heavy (non-hydrogen) atoms. The summed E-state index contributed by atoms with van der Waals surface area (Å²) in [5.41, 5.74) is 0.705. The zero-order valence-corrected chi connectivity index (χ0v) is 14.1. The van der Waals surface area contributed by atoms with Gasteiger partial charge < -0.3 is 5.32 Å². The van der Waals surface area contributed by atoms with Crippen LogP contribution in [0.4, 0.5) is 5.69 Å². The Morgan fingerprint density at radius 2 is 1.76 bits per heavy atom. The van der Waals surface area contributed by atoms with Gasteiger partial charge in [-0.1, -0.05) is 25.1 Å². The Kier molecular flexibility index (Phi) is 7.71. The maximum Gasteiger partial charge on any atom is 0.303 e. The SMILES string of the molecule is CCCNCCCN(C)S(=O)(=O)N(CC)c1ccccc1. The molecular weight excluding hydrogens is 286 g/mol. The van der Waals surface area contributed by atoms with Crippen LogP contribution in [0.1, 0.15) is 26.7 Å². The van der Waals surface area contributed by atoms with Gasteiger partial charge >= 0.3 is 10.2 Å². The van der Waals surface area contributed by atoms with E-state index in [1.165, 1.54) is 8.61 Å². The number of nitrogens with zero attached hydrogens (tertiary/aromatic N) is 2. The third-order valence-corrected chi connectivity index (χ3v) is 5.25. The van der Waals surface area contributed by atoms with Gasteiger partial charge in [-0.25, -0.2) is 0 Å². The van der Waals surface area contributed by atoms with E-state index in [2.05, 4.69) is 12.2 Å². The minimum Gasteiger partial charge on any atom is -0.317 e. The predicted octanol–water partition coefficient (Wildman–Crippen LogP) is 2.08. The Morgan fingerprint density at radius 3 is 2.33 bits per heavy atom. The lowest BCUT2D eigenvalue weighted by Crippen LogP contribution is -2.42. The van der Waals surface area contributed by atoms with Gasteiger partial charge in [0.1, 0.15) is 0 Å². The molecule has 0 aliphatic heterocycles. The molecule has 0 aromatic heterocycles. The van der Waals surface area contributed by atoms with E-state index in [0.717, 1.165) is 25.9 Å². The second kappa shape index (κ2) is 9.02. The standard InChI is InChI=1S/C15H27N3O2S/c1-4-12-16-13-9-14-17(3)21(19,20)18(5-2)15-10-7-6-8-11-15/h6-8,10-11,16H,4-5,9,12-14H2,1-3H3. The van der Waals surface area contributed by atoms with Crippen LogP contribution in [-0.2, 0) is 10.2 Å². The lowest BCUT2D eigenvalue weighted by atomic mass is 10.3. The zero-order valence-electron chi connectivity index (χ0n) is 13.2. The summed E-state index contributed by atoms with van der Waals surface area (Å²) in [4.78, 5) is 0. The summed E-state index contributed by atoms with van der Waals surface area (Å²) in [6.07, 6.45) is 1.90. The molecule has 1 aromatic rings.